The van der Waals surface area contributed by atoms with Crippen LogP contribution in [-0.4, -0.2) is 8.42 Å². The molecule has 0 spiro atoms. The summed E-state index contributed by atoms with van der Waals surface area (Å²) in [6.45, 7) is 3.53. The molecule has 0 amide bonds. The summed E-state index contributed by atoms with van der Waals surface area (Å²) in [5, 5.41) is 0. The average Bonchev–Trinajstić information content (AvgIpc) is 2.38. The van der Waals surface area contributed by atoms with E-state index in [1.165, 1.54) is 0 Å². The van der Waals surface area contributed by atoms with Crippen molar-refractivity contribution < 1.29 is 8.42 Å². The first kappa shape index (κ1) is 16.0. The Hall–Kier alpha value is -1.37. The molecule has 2 aromatic rings. The molecule has 0 fully saturated rings. The molecule has 4 nitrogen and oxygen atoms in total. The van der Waals surface area contributed by atoms with Gasteiger partial charge in [0.2, 0.25) is 10.0 Å². The Kier molecular flexibility index (Phi) is 4.70. The van der Waals surface area contributed by atoms with Gasteiger partial charge in [-0.05, 0) is 43.2 Å². The average molecular weight is 369 g/mol. The van der Waals surface area contributed by atoms with E-state index in [1.54, 1.807) is 32.0 Å². The fourth-order valence-corrected chi connectivity index (χ4v) is 4.01. The standard InChI is InChI=1S/C15H17BrN2O2S/c1-10-4-3-5-14(17)15(10)21(19,20)18-11(2)12-6-8-13(16)9-7-12/h3-9,11,18H,17H2,1-2H3/t11-/m0/s1. The second kappa shape index (κ2) is 6.17. The minimum absolute atomic E-state index is 0.147. The molecule has 2 rings (SSSR count). The van der Waals surface area contributed by atoms with E-state index < -0.39 is 10.0 Å². The zero-order valence-electron chi connectivity index (χ0n) is 11.8. The first-order valence-corrected chi connectivity index (χ1v) is 8.72. The summed E-state index contributed by atoms with van der Waals surface area (Å²) in [4.78, 5) is 0.147. The summed E-state index contributed by atoms with van der Waals surface area (Å²) in [6.07, 6.45) is 0. The lowest BCUT2D eigenvalue weighted by atomic mass is 10.1. The monoisotopic (exact) mass is 368 g/mol. The van der Waals surface area contributed by atoms with Gasteiger partial charge in [-0.1, -0.05) is 40.2 Å². The topological polar surface area (TPSA) is 72.2 Å². The predicted octanol–water partition coefficient (Wildman–Crippen LogP) is 3.38. The maximum absolute atomic E-state index is 12.5. The Morgan fingerprint density at radius 3 is 2.33 bits per heavy atom. The second-order valence-electron chi connectivity index (χ2n) is 4.89. The van der Waals surface area contributed by atoms with Crippen LogP contribution in [0.15, 0.2) is 51.8 Å². The third-order valence-electron chi connectivity index (χ3n) is 3.21. The van der Waals surface area contributed by atoms with Gasteiger partial charge in [-0.25, -0.2) is 13.1 Å². The fraction of sp³-hybridized carbons (Fsp3) is 0.200. The number of anilines is 1. The number of halogens is 1. The van der Waals surface area contributed by atoms with E-state index in [4.69, 9.17) is 5.73 Å². The van der Waals surface area contributed by atoms with E-state index in [9.17, 15) is 8.42 Å². The first-order chi connectivity index (χ1) is 9.81. The van der Waals surface area contributed by atoms with Gasteiger partial charge in [0.25, 0.3) is 0 Å². The number of hydrogen-bond donors (Lipinski definition) is 2. The number of nitrogens with two attached hydrogens (primary N) is 1. The van der Waals surface area contributed by atoms with Gasteiger partial charge in [0.15, 0.2) is 0 Å². The molecule has 21 heavy (non-hydrogen) atoms. The lowest BCUT2D eigenvalue weighted by molar-refractivity contribution is 0.567. The van der Waals surface area contributed by atoms with Crippen molar-refractivity contribution in [1.82, 2.24) is 4.72 Å². The van der Waals surface area contributed by atoms with Crippen molar-refractivity contribution in [1.29, 1.82) is 0 Å². The molecule has 112 valence electrons. The third-order valence-corrected chi connectivity index (χ3v) is 5.50. The number of aryl methyl sites for hydroxylation is 1. The van der Waals surface area contributed by atoms with Gasteiger partial charge in [-0.2, -0.15) is 0 Å². The van der Waals surface area contributed by atoms with Gasteiger partial charge < -0.3 is 5.73 Å². The molecule has 1 atom stereocenters. The van der Waals surface area contributed by atoms with Gasteiger partial charge in [0.05, 0.1) is 5.69 Å². The Morgan fingerprint density at radius 2 is 1.76 bits per heavy atom. The van der Waals surface area contributed by atoms with Gasteiger partial charge in [-0.15, -0.1) is 0 Å². The van der Waals surface area contributed by atoms with Crippen molar-refractivity contribution in [3.8, 4) is 0 Å². The van der Waals surface area contributed by atoms with E-state index in [-0.39, 0.29) is 16.6 Å². The van der Waals surface area contributed by atoms with Crippen LogP contribution in [0.1, 0.15) is 24.1 Å². The summed E-state index contributed by atoms with van der Waals surface area (Å²) < 4.78 is 28.7. The van der Waals surface area contributed by atoms with Crippen molar-refractivity contribution in [2.45, 2.75) is 24.8 Å². The van der Waals surface area contributed by atoms with Crippen LogP contribution in [0.25, 0.3) is 0 Å². The predicted molar refractivity (Wildman–Crippen MR) is 88.5 cm³/mol. The van der Waals surface area contributed by atoms with Crippen LogP contribution in [0.5, 0.6) is 0 Å². The van der Waals surface area contributed by atoms with Crippen molar-refractivity contribution in [2.75, 3.05) is 5.73 Å². The minimum Gasteiger partial charge on any atom is -0.398 e. The van der Waals surface area contributed by atoms with E-state index >= 15 is 0 Å². The van der Waals surface area contributed by atoms with Crippen LogP contribution in [0, 0.1) is 6.92 Å². The Morgan fingerprint density at radius 1 is 1.14 bits per heavy atom. The molecule has 0 aliphatic carbocycles. The second-order valence-corrected chi connectivity index (χ2v) is 7.45. The SMILES string of the molecule is Cc1cccc(N)c1S(=O)(=O)N[C@@H](C)c1ccc(Br)cc1. The van der Waals surface area contributed by atoms with Crippen molar-refractivity contribution >= 4 is 31.6 Å². The number of nitrogens with one attached hydrogen (secondary N) is 1. The summed E-state index contributed by atoms with van der Waals surface area (Å²) in [6, 6.07) is 12.2. The Bertz CT molecular complexity index is 723. The largest absolute Gasteiger partial charge is 0.398 e. The highest BCUT2D eigenvalue weighted by atomic mass is 79.9. The lowest BCUT2D eigenvalue weighted by Crippen LogP contribution is -2.28. The fourth-order valence-electron chi connectivity index (χ4n) is 2.15. The zero-order chi connectivity index (χ0) is 15.6. The van der Waals surface area contributed by atoms with Crippen LogP contribution in [0.4, 0.5) is 5.69 Å². The highest BCUT2D eigenvalue weighted by Crippen LogP contribution is 2.25. The van der Waals surface area contributed by atoms with E-state index in [0.29, 0.717) is 5.56 Å². The highest BCUT2D eigenvalue weighted by Gasteiger charge is 2.22. The highest BCUT2D eigenvalue weighted by molar-refractivity contribution is 9.10. The van der Waals surface area contributed by atoms with Gasteiger partial charge in [-0.3, -0.25) is 0 Å². The van der Waals surface area contributed by atoms with Crippen LogP contribution in [0.3, 0.4) is 0 Å². The maximum atomic E-state index is 12.5. The molecular weight excluding hydrogens is 352 g/mol. The Balaban J connectivity index is 2.31. The van der Waals surface area contributed by atoms with Crippen LogP contribution < -0.4 is 10.5 Å². The molecule has 2 aromatic carbocycles. The van der Waals surface area contributed by atoms with Crippen molar-refractivity contribution in [3.63, 3.8) is 0 Å². The molecule has 6 heteroatoms. The third kappa shape index (κ3) is 3.64. The number of nitrogen functional groups attached to an aromatic ring is 1. The Labute approximate surface area is 133 Å². The molecule has 0 bridgehead atoms. The number of rotatable bonds is 4. The van der Waals surface area contributed by atoms with E-state index in [1.807, 2.05) is 24.3 Å². The maximum Gasteiger partial charge on any atom is 0.243 e. The molecule has 0 aliphatic heterocycles. The normalized spacial score (nSPS) is 13.1. The quantitative estimate of drug-likeness (QED) is 0.812. The first-order valence-electron chi connectivity index (χ1n) is 6.44. The number of benzene rings is 2. The minimum atomic E-state index is -3.67. The number of hydrogen-bond acceptors (Lipinski definition) is 3. The van der Waals surface area contributed by atoms with Crippen molar-refractivity contribution in [3.05, 3.63) is 58.1 Å². The number of sulfonamides is 1. The molecule has 0 radical (unpaired) electrons. The van der Waals surface area contributed by atoms with E-state index in [2.05, 4.69) is 20.7 Å². The summed E-state index contributed by atoms with van der Waals surface area (Å²) in [7, 11) is -3.67. The van der Waals surface area contributed by atoms with Gasteiger partial charge >= 0.3 is 0 Å². The molecule has 0 saturated heterocycles. The zero-order valence-corrected chi connectivity index (χ0v) is 14.2. The smallest absolute Gasteiger partial charge is 0.243 e. The lowest BCUT2D eigenvalue weighted by Gasteiger charge is -2.17. The summed E-state index contributed by atoms with van der Waals surface area (Å²) in [5.41, 5.74) is 7.58. The van der Waals surface area contributed by atoms with Crippen LogP contribution in [-0.2, 0) is 10.0 Å². The molecular formula is C15H17BrN2O2S. The molecule has 0 aromatic heterocycles. The van der Waals surface area contributed by atoms with Crippen molar-refractivity contribution in [2.24, 2.45) is 0 Å². The van der Waals surface area contributed by atoms with E-state index in [0.717, 1.165) is 10.0 Å². The molecule has 3 N–H and O–H groups in total. The molecule has 0 aliphatic rings. The van der Waals surface area contributed by atoms with Gasteiger partial charge in [0.1, 0.15) is 4.90 Å². The molecule has 0 unspecified atom stereocenters. The van der Waals surface area contributed by atoms with Crippen LogP contribution >= 0.6 is 15.9 Å². The van der Waals surface area contributed by atoms with Gasteiger partial charge in [0, 0.05) is 10.5 Å². The summed E-state index contributed by atoms with van der Waals surface area (Å²) >= 11 is 3.36. The molecule has 0 saturated carbocycles. The molecule has 0 heterocycles. The van der Waals surface area contributed by atoms with Crippen LogP contribution in [0.2, 0.25) is 0 Å². The summed E-state index contributed by atoms with van der Waals surface area (Å²) in [5.74, 6) is 0.